The zero-order valence-corrected chi connectivity index (χ0v) is 15.7. The minimum atomic E-state index is -0.326. The number of fused-ring (bicyclic) bond motifs is 1. The van der Waals surface area contributed by atoms with E-state index in [1.54, 1.807) is 0 Å². The number of hydrogen-bond acceptors (Lipinski definition) is 4. The summed E-state index contributed by atoms with van der Waals surface area (Å²) in [5.74, 6) is -0.180. The highest BCUT2D eigenvalue weighted by molar-refractivity contribution is 8.00. The number of piperazine rings is 1. The molecule has 2 aromatic rings. The molecule has 4 rings (SSSR count). The lowest BCUT2D eigenvalue weighted by atomic mass is 10.0. The van der Waals surface area contributed by atoms with Gasteiger partial charge in [0.05, 0.1) is 6.10 Å². The van der Waals surface area contributed by atoms with Gasteiger partial charge in [0, 0.05) is 42.0 Å². The number of aliphatic hydroxyl groups is 1. The van der Waals surface area contributed by atoms with E-state index in [1.807, 2.05) is 36.0 Å². The number of rotatable bonds is 4. The predicted octanol–water partition coefficient (Wildman–Crippen LogP) is 3.94. The first-order valence-electron chi connectivity index (χ1n) is 9.35. The zero-order valence-electron chi connectivity index (χ0n) is 14.9. The average Bonchev–Trinajstić information content (AvgIpc) is 2.68. The SMILES string of the molecule is OC1CC(CCN2CCN(c3ccc(F)cc3)CC2)Sc2ccccc21. The van der Waals surface area contributed by atoms with Gasteiger partial charge in [-0.05, 0) is 55.3 Å². The second kappa shape index (κ2) is 7.99. The Bertz CT molecular complexity index is 731. The standard InChI is InChI=1S/C21H25FN2OS/c22-16-5-7-17(8-6-16)24-13-11-23(12-14-24)10-9-18-15-20(25)19-3-1-2-4-21(19)26-18/h1-8,18,20,25H,9-15H2. The van der Waals surface area contributed by atoms with Crippen molar-refractivity contribution in [1.29, 1.82) is 0 Å². The highest BCUT2D eigenvalue weighted by Crippen LogP contribution is 2.41. The Morgan fingerprint density at radius 3 is 2.50 bits per heavy atom. The molecule has 2 aliphatic heterocycles. The van der Waals surface area contributed by atoms with Crippen molar-refractivity contribution >= 4 is 17.4 Å². The third-order valence-corrected chi connectivity index (χ3v) is 6.78. The first kappa shape index (κ1) is 17.8. The maximum atomic E-state index is 13.1. The minimum Gasteiger partial charge on any atom is -0.388 e. The molecule has 1 N–H and O–H groups in total. The van der Waals surface area contributed by atoms with Gasteiger partial charge in [0.15, 0.2) is 0 Å². The van der Waals surface area contributed by atoms with Crippen molar-refractivity contribution in [3.63, 3.8) is 0 Å². The summed E-state index contributed by atoms with van der Waals surface area (Å²) in [6, 6.07) is 15.0. The third kappa shape index (κ3) is 4.05. The van der Waals surface area contributed by atoms with Crippen molar-refractivity contribution in [2.75, 3.05) is 37.6 Å². The zero-order chi connectivity index (χ0) is 17.9. The molecule has 3 nitrogen and oxygen atoms in total. The molecule has 2 aromatic carbocycles. The Morgan fingerprint density at radius 1 is 1.00 bits per heavy atom. The molecule has 0 aromatic heterocycles. The van der Waals surface area contributed by atoms with Crippen LogP contribution in [0.1, 0.15) is 24.5 Å². The summed E-state index contributed by atoms with van der Waals surface area (Å²) < 4.78 is 13.1. The summed E-state index contributed by atoms with van der Waals surface area (Å²) in [6.45, 7) is 5.11. The molecule has 0 spiro atoms. The first-order chi connectivity index (χ1) is 12.7. The Labute approximate surface area is 158 Å². The molecule has 0 radical (unpaired) electrons. The molecule has 2 aliphatic rings. The number of hydrogen-bond donors (Lipinski definition) is 1. The number of aliphatic hydroxyl groups excluding tert-OH is 1. The van der Waals surface area contributed by atoms with Crippen molar-refractivity contribution in [2.45, 2.75) is 29.1 Å². The van der Waals surface area contributed by atoms with E-state index in [-0.39, 0.29) is 11.9 Å². The number of nitrogens with zero attached hydrogens (tertiary/aromatic N) is 2. The molecule has 1 saturated heterocycles. The van der Waals surface area contributed by atoms with Crippen LogP contribution in [0.15, 0.2) is 53.4 Å². The monoisotopic (exact) mass is 372 g/mol. The quantitative estimate of drug-likeness (QED) is 0.880. The maximum absolute atomic E-state index is 13.1. The fourth-order valence-corrected chi connectivity index (χ4v) is 5.21. The summed E-state index contributed by atoms with van der Waals surface area (Å²) in [6.07, 6.45) is 1.62. The van der Waals surface area contributed by atoms with Crippen LogP contribution in [-0.4, -0.2) is 48.0 Å². The molecular formula is C21H25FN2OS. The molecule has 2 atom stereocenters. The molecule has 0 saturated carbocycles. The fraction of sp³-hybridized carbons (Fsp3) is 0.429. The van der Waals surface area contributed by atoms with E-state index in [9.17, 15) is 9.50 Å². The van der Waals surface area contributed by atoms with Crippen LogP contribution in [0.4, 0.5) is 10.1 Å². The van der Waals surface area contributed by atoms with Gasteiger partial charge in [-0.3, -0.25) is 4.90 Å². The lowest BCUT2D eigenvalue weighted by Crippen LogP contribution is -2.47. The van der Waals surface area contributed by atoms with Gasteiger partial charge in [-0.1, -0.05) is 18.2 Å². The Kier molecular flexibility index (Phi) is 5.48. The smallest absolute Gasteiger partial charge is 0.123 e. The van der Waals surface area contributed by atoms with Crippen LogP contribution in [0.5, 0.6) is 0 Å². The number of thioether (sulfide) groups is 1. The van der Waals surface area contributed by atoms with E-state index in [2.05, 4.69) is 21.9 Å². The van der Waals surface area contributed by atoms with E-state index in [4.69, 9.17) is 0 Å². The highest BCUT2D eigenvalue weighted by atomic mass is 32.2. The summed E-state index contributed by atoms with van der Waals surface area (Å²) in [5, 5.41) is 10.9. The lowest BCUT2D eigenvalue weighted by Gasteiger charge is -2.37. The molecule has 5 heteroatoms. The number of anilines is 1. The topological polar surface area (TPSA) is 26.7 Å². The largest absolute Gasteiger partial charge is 0.388 e. The second-order valence-electron chi connectivity index (χ2n) is 7.12. The van der Waals surface area contributed by atoms with Gasteiger partial charge in [-0.15, -0.1) is 11.8 Å². The summed E-state index contributed by atoms with van der Waals surface area (Å²) in [7, 11) is 0. The van der Waals surface area contributed by atoms with Crippen molar-refractivity contribution < 1.29 is 9.50 Å². The molecule has 2 unspecified atom stereocenters. The summed E-state index contributed by atoms with van der Waals surface area (Å²) in [4.78, 5) is 6.07. The third-order valence-electron chi connectivity index (χ3n) is 5.39. The van der Waals surface area contributed by atoms with Crippen LogP contribution in [0, 0.1) is 5.82 Å². The van der Waals surface area contributed by atoms with Gasteiger partial charge in [0.2, 0.25) is 0 Å². The van der Waals surface area contributed by atoms with Gasteiger partial charge < -0.3 is 10.0 Å². The highest BCUT2D eigenvalue weighted by Gasteiger charge is 2.26. The Hall–Kier alpha value is -1.56. The first-order valence-corrected chi connectivity index (χ1v) is 10.2. The molecule has 0 amide bonds. The van der Waals surface area contributed by atoms with E-state index in [0.717, 1.165) is 56.8 Å². The fourth-order valence-electron chi connectivity index (χ4n) is 3.85. The summed E-state index contributed by atoms with van der Waals surface area (Å²) >= 11 is 1.92. The average molecular weight is 373 g/mol. The van der Waals surface area contributed by atoms with Gasteiger partial charge in [0.1, 0.15) is 5.82 Å². The number of halogens is 1. The summed E-state index contributed by atoms with van der Waals surface area (Å²) in [5.41, 5.74) is 2.19. The van der Waals surface area contributed by atoms with Crippen LogP contribution in [0.25, 0.3) is 0 Å². The minimum absolute atomic E-state index is 0.180. The Morgan fingerprint density at radius 2 is 1.73 bits per heavy atom. The molecule has 2 heterocycles. The van der Waals surface area contributed by atoms with E-state index >= 15 is 0 Å². The molecule has 26 heavy (non-hydrogen) atoms. The molecule has 0 bridgehead atoms. The second-order valence-corrected chi connectivity index (χ2v) is 8.47. The van der Waals surface area contributed by atoms with Crippen LogP contribution in [0.3, 0.4) is 0 Å². The van der Waals surface area contributed by atoms with Gasteiger partial charge in [-0.25, -0.2) is 4.39 Å². The molecule has 138 valence electrons. The van der Waals surface area contributed by atoms with Crippen molar-refractivity contribution in [2.24, 2.45) is 0 Å². The van der Waals surface area contributed by atoms with Crippen LogP contribution in [0.2, 0.25) is 0 Å². The predicted molar refractivity (Wildman–Crippen MR) is 105 cm³/mol. The molecule has 1 fully saturated rings. The van der Waals surface area contributed by atoms with E-state index in [1.165, 1.54) is 17.0 Å². The van der Waals surface area contributed by atoms with Crippen molar-refractivity contribution in [3.05, 3.63) is 59.9 Å². The van der Waals surface area contributed by atoms with Crippen molar-refractivity contribution in [1.82, 2.24) is 4.90 Å². The normalized spacial score (nSPS) is 23.7. The van der Waals surface area contributed by atoms with Crippen LogP contribution < -0.4 is 4.90 Å². The molecule has 0 aliphatic carbocycles. The van der Waals surface area contributed by atoms with Gasteiger partial charge in [0.25, 0.3) is 0 Å². The Balaban J connectivity index is 1.26. The van der Waals surface area contributed by atoms with Crippen LogP contribution >= 0.6 is 11.8 Å². The molecular weight excluding hydrogens is 347 g/mol. The van der Waals surface area contributed by atoms with Gasteiger partial charge >= 0.3 is 0 Å². The van der Waals surface area contributed by atoms with Crippen molar-refractivity contribution in [3.8, 4) is 0 Å². The maximum Gasteiger partial charge on any atom is 0.123 e. The number of benzene rings is 2. The lowest BCUT2D eigenvalue weighted by molar-refractivity contribution is 0.157. The van der Waals surface area contributed by atoms with E-state index in [0.29, 0.717) is 5.25 Å². The van der Waals surface area contributed by atoms with Crippen LogP contribution in [-0.2, 0) is 0 Å². The van der Waals surface area contributed by atoms with E-state index < -0.39 is 0 Å². The van der Waals surface area contributed by atoms with Gasteiger partial charge in [-0.2, -0.15) is 0 Å².